The predicted molar refractivity (Wildman–Crippen MR) is 104 cm³/mol. The molecule has 1 saturated heterocycles. The highest BCUT2D eigenvalue weighted by Gasteiger charge is 2.27. The number of aryl methyl sites for hydroxylation is 1. The summed E-state index contributed by atoms with van der Waals surface area (Å²) in [6, 6.07) is 16.0. The Kier molecular flexibility index (Phi) is 5.68. The molecule has 1 unspecified atom stereocenters. The zero-order chi connectivity index (χ0) is 18.5. The highest BCUT2D eigenvalue weighted by Crippen LogP contribution is 2.31. The Labute approximate surface area is 154 Å². The van der Waals surface area contributed by atoms with Crippen molar-refractivity contribution in [3.8, 4) is 0 Å². The Morgan fingerprint density at radius 3 is 2.42 bits per heavy atom. The van der Waals surface area contributed by atoms with Crippen LogP contribution >= 0.6 is 0 Å². The molecule has 5 heteroatoms. The highest BCUT2D eigenvalue weighted by atomic mass is 16.2. The molecule has 1 aliphatic rings. The van der Waals surface area contributed by atoms with E-state index >= 15 is 0 Å². The summed E-state index contributed by atoms with van der Waals surface area (Å²) in [6.45, 7) is 4.88. The number of likely N-dealkylation sites (tertiary alicyclic amines) is 1. The molecule has 3 rings (SSSR count). The Balaban J connectivity index is 1.59. The summed E-state index contributed by atoms with van der Waals surface area (Å²) >= 11 is 0. The first-order valence-corrected chi connectivity index (χ1v) is 8.99. The van der Waals surface area contributed by atoms with Crippen LogP contribution in [0, 0.1) is 6.92 Å². The molecular weight excluding hydrogens is 326 g/mol. The van der Waals surface area contributed by atoms with Crippen molar-refractivity contribution in [2.24, 2.45) is 0 Å². The Hall–Kier alpha value is -2.66. The first-order chi connectivity index (χ1) is 12.5. The maximum Gasteiger partial charge on any atom is 0.238 e. The summed E-state index contributed by atoms with van der Waals surface area (Å²) < 4.78 is 0. The van der Waals surface area contributed by atoms with Crippen molar-refractivity contribution in [3.63, 3.8) is 0 Å². The molecule has 0 saturated carbocycles. The third kappa shape index (κ3) is 4.70. The fraction of sp³-hybridized carbons (Fsp3) is 0.333. The van der Waals surface area contributed by atoms with Gasteiger partial charge in [0.05, 0.1) is 6.54 Å². The smallest absolute Gasteiger partial charge is 0.238 e. The molecule has 0 bridgehead atoms. The number of amides is 2. The number of nitrogens with zero attached hydrogens (tertiary/aromatic N) is 1. The molecule has 1 heterocycles. The summed E-state index contributed by atoms with van der Waals surface area (Å²) in [6.07, 6.45) is 2.19. The minimum absolute atomic E-state index is 0.0168. The lowest BCUT2D eigenvalue weighted by atomic mass is 10.0. The molecule has 26 heavy (non-hydrogen) atoms. The first-order valence-electron chi connectivity index (χ1n) is 8.99. The van der Waals surface area contributed by atoms with Gasteiger partial charge >= 0.3 is 0 Å². The Morgan fingerprint density at radius 1 is 1.08 bits per heavy atom. The monoisotopic (exact) mass is 351 g/mol. The van der Waals surface area contributed by atoms with Crippen LogP contribution in [0.5, 0.6) is 0 Å². The van der Waals surface area contributed by atoms with Crippen LogP contribution in [0.15, 0.2) is 48.5 Å². The molecule has 2 amide bonds. The summed E-state index contributed by atoms with van der Waals surface area (Å²) in [5, 5.41) is 5.65. The van der Waals surface area contributed by atoms with Gasteiger partial charge in [0.1, 0.15) is 0 Å². The van der Waals surface area contributed by atoms with Crippen LogP contribution in [0.4, 0.5) is 11.4 Å². The van der Waals surface area contributed by atoms with E-state index in [0.717, 1.165) is 30.8 Å². The van der Waals surface area contributed by atoms with Crippen molar-refractivity contribution in [1.82, 2.24) is 4.90 Å². The van der Waals surface area contributed by atoms with E-state index in [2.05, 4.69) is 46.7 Å². The quantitative estimate of drug-likeness (QED) is 0.863. The van der Waals surface area contributed by atoms with Gasteiger partial charge in [-0.15, -0.1) is 0 Å². The molecule has 2 aromatic rings. The number of carbonyl (C=O) groups excluding carboxylic acids is 2. The molecule has 2 aromatic carbocycles. The molecule has 1 atom stereocenters. The number of benzene rings is 2. The molecule has 2 N–H and O–H groups in total. The molecule has 1 fully saturated rings. The van der Waals surface area contributed by atoms with Gasteiger partial charge in [0, 0.05) is 24.3 Å². The third-order valence-corrected chi connectivity index (χ3v) is 4.63. The predicted octanol–water partition coefficient (Wildman–Crippen LogP) is 3.73. The first kappa shape index (κ1) is 18.1. The van der Waals surface area contributed by atoms with E-state index < -0.39 is 0 Å². The second-order valence-corrected chi connectivity index (χ2v) is 6.85. The van der Waals surface area contributed by atoms with Gasteiger partial charge in [0.25, 0.3) is 0 Å². The number of hydrogen-bond acceptors (Lipinski definition) is 3. The van der Waals surface area contributed by atoms with E-state index in [1.807, 2.05) is 0 Å². The van der Waals surface area contributed by atoms with Gasteiger partial charge < -0.3 is 10.6 Å². The van der Waals surface area contributed by atoms with Gasteiger partial charge in [0.15, 0.2) is 0 Å². The Morgan fingerprint density at radius 2 is 1.77 bits per heavy atom. The van der Waals surface area contributed by atoms with Crippen LogP contribution in [0.25, 0.3) is 0 Å². The normalized spacial score (nSPS) is 17.1. The lowest BCUT2D eigenvalue weighted by Gasteiger charge is -2.24. The summed E-state index contributed by atoms with van der Waals surface area (Å²) in [4.78, 5) is 25.7. The number of anilines is 2. The molecule has 0 spiro atoms. The van der Waals surface area contributed by atoms with Crippen LogP contribution in [-0.4, -0.2) is 29.8 Å². The van der Waals surface area contributed by atoms with Gasteiger partial charge in [0.2, 0.25) is 11.8 Å². The van der Waals surface area contributed by atoms with Crippen LogP contribution < -0.4 is 10.6 Å². The van der Waals surface area contributed by atoms with Gasteiger partial charge in [-0.3, -0.25) is 14.5 Å². The van der Waals surface area contributed by atoms with E-state index in [4.69, 9.17) is 0 Å². The molecule has 136 valence electrons. The van der Waals surface area contributed by atoms with Gasteiger partial charge in [-0.2, -0.15) is 0 Å². The topological polar surface area (TPSA) is 61.4 Å². The van der Waals surface area contributed by atoms with Crippen molar-refractivity contribution in [3.05, 3.63) is 59.7 Å². The van der Waals surface area contributed by atoms with E-state index in [1.165, 1.54) is 18.1 Å². The fourth-order valence-electron chi connectivity index (χ4n) is 3.50. The van der Waals surface area contributed by atoms with Crippen molar-refractivity contribution >= 4 is 23.2 Å². The van der Waals surface area contributed by atoms with Gasteiger partial charge in [-0.1, -0.05) is 29.8 Å². The molecular formula is C21H25N3O2. The SMILES string of the molecule is CC(=O)Nc1ccc(NC(=O)CN2CCCC2c2cccc(C)c2)cc1. The van der Waals surface area contributed by atoms with Crippen LogP contribution in [0.1, 0.15) is 36.9 Å². The minimum atomic E-state index is -0.113. The molecule has 5 nitrogen and oxygen atoms in total. The Bertz CT molecular complexity index is 786. The fourth-order valence-corrected chi connectivity index (χ4v) is 3.50. The highest BCUT2D eigenvalue weighted by molar-refractivity contribution is 5.93. The summed E-state index contributed by atoms with van der Waals surface area (Å²) in [7, 11) is 0. The lowest BCUT2D eigenvalue weighted by Crippen LogP contribution is -2.32. The van der Waals surface area contributed by atoms with Crippen LogP contribution in [-0.2, 0) is 9.59 Å². The largest absolute Gasteiger partial charge is 0.326 e. The average molecular weight is 351 g/mol. The van der Waals surface area contributed by atoms with Crippen LogP contribution in [0.2, 0.25) is 0 Å². The van der Waals surface area contributed by atoms with E-state index in [-0.39, 0.29) is 11.8 Å². The molecule has 0 radical (unpaired) electrons. The number of rotatable bonds is 5. The zero-order valence-electron chi connectivity index (χ0n) is 15.3. The second-order valence-electron chi connectivity index (χ2n) is 6.85. The minimum Gasteiger partial charge on any atom is -0.326 e. The van der Waals surface area contributed by atoms with Gasteiger partial charge in [-0.25, -0.2) is 0 Å². The van der Waals surface area contributed by atoms with Gasteiger partial charge in [-0.05, 0) is 56.1 Å². The van der Waals surface area contributed by atoms with Crippen molar-refractivity contribution in [2.75, 3.05) is 23.7 Å². The third-order valence-electron chi connectivity index (χ3n) is 4.63. The zero-order valence-corrected chi connectivity index (χ0v) is 15.3. The standard InChI is InChI=1S/C21H25N3O2/c1-15-5-3-6-17(13-15)20-7-4-12-24(20)14-21(26)23-19-10-8-18(9-11-19)22-16(2)25/h3,5-6,8-11,13,20H,4,7,12,14H2,1-2H3,(H,22,25)(H,23,26). The van der Waals surface area contributed by atoms with Crippen molar-refractivity contribution in [2.45, 2.75) is 32.7 Å². The summed E-state index contributed by atoms with van der Waals surface area (Å²) in [5.41, 5.74) is 3.98. The summed E-state index contributed by atoms with van der Waals surface area (Å²) in [5.74, 6) is -0.130. The lowest BCUT2D eigenvalue weighted by molar-refractivity contribution is -0.117. The van der Waals surface area contributed by atoms with E-state index in [0.29, 0.717) is 12.6 Å². The second kappa shape index (κ2) is 8.15. The average Bonchev–Trinajstić information content (AvgIpc) is 3.04. The molecule has 0 aliphatic carbocycles. The van der Waals surface area contributed by atoms with Crippen molar-refractivity contribution in [1.29, 1.82) is 0 Å². The number of carbonyl (C=O) groups is 2. The van der Waals surface area contributed by atoms with Crippen molar-refractivity contribution < 1.29 is 9.59 Å². The molecule has 1 aliphatic heterocycles. The number of nitrogens with one attached hydrogen (secondary N) is 2. The maximum atomic E-state index is 12.5. The van der Waals surface area contributed by atoms with E-state index in [9.17, 15) is 9.59 Å². The number of hydrogen-bond donors (Lipinski definition) is 2. The van der Waals surface area contributed by atoms with Crippen LogP contribution in [0.3, 0.4) is 0 Å². The molecule has 0 aromatic heterocycles. The van der Waals surface area contributed by atoms with E-state index in [1.54, 1.807) is 24.3 Å². The maximum absolute atomic E-state index is 12.5.